The topological polar surface area (TPSA) is 61.7 Å². The zero-order chi connectivity index (χ0) is 21.8. The van der Waals surface area contributed by atoms with E-state index in [1.165, 1.54) is 6.33 Å². The van der Waals surface area contributed by atoms with Crippen LogP contribution in [-0.4, -0.2) is 77.5 Å². The van der Waals surface area contributed by atoms with E-state index in [1.807, 2.05) is 17.0 Å². The van der Waals surface area contributed by atoms with Crippen LogP contribution >= 0.6 is 0 Å². The number of fused-ring (bicyclic) bond motifs is 1. The zero-order valence-corrected chi connectivity index (χ0v) is 17.7. The van der Waals surface area contributed by atoms with Gasteiger partial charge in [0.15, 0.2) is 0 Å². The number of alkyl halides is 2. The van der Waals surface area contributed by atoms with Crippen molar-refractivity contribution >= 4 is 22.5 Å². The number of benzene rings is 1. The van der Waals surface area contributed by atoms with E-state index in [1.54, 1.807) is 6.07 Å². The van der Waals surface area contributed by atoms with Gasteiger partial charge >= 0.3 is 0 Å². The summed E-state index contributed by atoms with van der Waals surface area (Å²) in [4.78, 5) is 35.4. The second-order valence-electron chi connectivity index (χ2n) is 8.31. The maximum atomic E-state index is 12.6. The molecule has 7 nitrogen and oxygen atoms in total. The molecule has 0 N–H and O–H groups in total. The number of aromatic nitrogens is 2. The molecule has 1 aromatic carbocycles. The van der Waals surface area contributed by atoms with Gasteiger partial charge in [-0.1, -0.05) is 6.42 Å². The van der Waals surface area contributed by atoms with Crippen molar-refractivity contribution in [2.24, 2.45) is 0 Å². The molecule has 168 valence electrons. The minimum absolute atomic E-state index is 0.285. The molecule has 4 rings (SSSR count). The van der Waals surface area contributed by atoms with Gasteiger partial charge in [0.1, 0.15) is 0 Å². The van der Waals surface area contributed by atoms with Crippen molar-refractivity contribution in [3.05, 3.63) is 34.9 Å². The number of likely N-dealkylation sites (tertiary alicyclic amines) is 1. The quantitative estimate of drug-likeness (QED) is 0.699. The van der Waals surface area contributed by atoms with Crippen LogP contribution in [0, 0.1) is 0 Å². The highest BCUT2D eigenvalue weighted by Crippen LogP contribution is 2.21. The molecule has 0 aliphatic carbocycles. The Kier molecular flexibility index (Phi) is 6.80. The number of nitrogens with zero attached hydrogens (tertiary/aromatic N) is 5. The second-order valence-corrected chi connectivity index (χ2v) is 8.31. The molecule has 3 heterocycles. The first kappa shape index (κ1) is 21.7. The van der Waals surface area contributed by atoms with Gasteiger partial charge in [-0.15, -0.1) is 0 Å². The van der Waals surface area contributed by atoms with Crippen LogP contribution in [0.3, 0.4) is 0 Å². The lowest BCUT2D eigenvalue weighted by molar-refractivity contribution is -0.130. The Hall–Kier alpha value is -2.55. The molecule has 0 saturated carbocycles. The van der Waals surface area contributed by atoms with E-state index >= 15 is 0 Å². The summed E-state index contributed by atoms with van der Waals surface area (Å²) >= 11 is 0. The monoisotopic (exact) mass is 433 g/mol. The van der Waals surface area contributed by atoms with E-state index in [-0.39, 0.29) is 5.91 Å². The van der Waals surface area contributed by atoms with Crippen molar-refractivity contribution in [3.63, 3.8) is 0 Å². The molecule has 2 aliphatic rings. The normalized spacial score (nSPS) is 18.7. The second kappa shape index (κ2) is 9.72. The van der Waals surface area contributed by atoms with Crippen LogP contribution in [0.1, 0.15) is 25.7 Å². The number of hydrogen-bond donors (Lipinski definition) is 0. The molecule has 0 atom stereocenters. The summed E-state index contributed by atoms with van der Waals surface area (Å²) in [6, 6.07) is 5.40. The average molecular weight is 434 g/mol. The maximum absolute atomic E-state index is 12.6. The molecule has 1 amide bonds. The smallest absolute Gasteiger partial charge is 0.261 e. The third kappa shape index (κ3) is 5.20. The fourth-order valence-electron chi connectivity index (χ4n) is 4.39. The Morgan fingerprint density at radius 3 is 2.55 bits per heavy atom. The number of carbonyl (C=O) groups excluding carboxylic acids is 1. The van der Waals surface area contributed by atoms with E-state index < -0.39 is 18.5 Å². The number of piperazine rings is 1. The molecule has 31 heavy (non-hydrogen) atoms. The van der Waals surface area contributed by atoms with Gasteiger partial charge in [-0.25, -0.2) is 13.8 Å². The van der Waals surface area contributed by atoms with Gasteiger partial charge < -0.3 is 9.80 Å². The summed E-state index contributed by atoms with van der Waals surface area (Å²) in [6.45, 7) is 5.43. The van der Waals surface area contributed by atoms with Gasteiger partial charge in [0.05, 0.1) is 23.8 Å². The largest absolute Gasteiger partial charge is 0.369 e. The molecule has 1 aromatic heterocycles. The van der Waals surface area contributed by atoms with Gasteiger partial charge in [0, 0.05) is 57.9 Å². The fourth-order valence-corrected chi connectivity index (χ4v) is 4.39. The highest BCUT2D eigenvalue weighted by Gasteiger charge is 2.21. The molecule has 2 saturated heterocycles. The molecule has 0 unspecified atom stereocenters. The zero-order valence-electron chi connectivity index (χ0n) is 17.7. The molecule has 0 bridgehead atoms. The number of amides is 1. The van der Waals surface area contributed by atoms with Crippen LogP contribution in [0.15, 0.2) is 29.3 Å². The fraction of sp³-hybridized carbons (Fsp3) is 0.591. The van der Waals surface area contributed by atoms with Crippen molar-refractivity contribution in [2.45, 2.75) is 38.7 Å². The van der Waals surface area contributed by atoms with Crippen molar-refractivity contribution in [3.8, 4) is 0 Å². The predicted molar refractivity (Wildman–Crippen MR) is 116 cm³/mol. The molecule has 0 spiro atoms. The Balaban J connectivity index is 1.35. The van der Waals surface area contributed by atoms with Gasteiger partial charge in [-0.2, -0.15) is 0 Å². The summed E-state index contributed by atoms with van der Waals surface area (Å²) in [6.07, 6.45) is 2.53. The first-order valence-corrected chi connectivity index (χ1v) is 11.0. The molecule has 2 aliphatic heterocycles. The SMILES string of the molecule is O=C1CCCCCN1CCN1CCN(c2ccc3c(=O)n(CC(F)F)cnc3c2)CC1. The lowest BCUT2D eigenvalue weighted by Crippen LogP contribution is -2.49. The molecule has 9 heteroatoms. The summed E-state index contributed by atoms with van der Waals surface area (Å²) in [5.74, 6) is 0.285. The van der Waals surface area contributed by atoms with Gasteiger partial charge in [-0.05, 0) is 31.0 Å². The maximum Gasteiger partial charge on any atom is 0.261 e. The summed E-state index contributed by atoms with van der Waals surface area (Å²) in [5.41, 5.74) is 1.06. The van der Waals surface area contributed by atoms with E-state index in [9.17, 15) is 18.4 Å². The van der Waals surface area contributed by atoms with Crippen molar-refractivity contribution in [1.82, 2.24) is 19.4 Å². The van der Waals surface area contributed by atoms with Crippen LogP contribution in [-0.2, 0) is 11.3 Å². The van der Waals surface area contributed by atoms with Crippen LogP contribution in [0.2, 0.25) is 0 Å². The third-order valence-electron chi connectivity index (χ3n) is 6.24. The van der Waals surface area contributed by atoms with Crippen LogP contribution < -0.4 is 10.5 Å². The number of hydrogen-bond acceptors (Lipinski definition) is 5. The first-order valence-electron chi connectivity index (χ1n) is 11.0. The Bertz CT molecular complexity index is 972. The Morgan fingerprint density at radius 1 is 0.968 bits per heavy atom. The minimum Gasteiger partial charge on any atom is -0.369 e. The highest BCUT2D eigenvalue weighted by atomic mass is 19.3. The van der Waals surface area contributed by atoms with Crippen LogP contribution in [0.5, 0.6) is 0 Å². The summed E-state index contributed by atoms with van der Waals surface area (Å²) in [7, 11) is 0. The van der Waals surface area contributed by atoms with Gasteiger partial charge in [-0.3, -0.25) is 19.1 Å². The van der Waals surface area contributed by atoms with E-state index in [4.69, 9.17) is 0 Å². The molecule has 2 aromatic rings. The molecule has 2 fully saturated rings. The van der Waals surface area contributed by atoms with E-state index in [0.717, 1.165) is 75.3 Å². The first-order chi connectivity index (χ1) is 15.0. The van der Waals surface area contributed by atoms with Gasteiger partial charge in [0.2, 0.25) is 5.91 Å². The molecular formula is C22H29F2N5O2. The molecule has 0 radical (unpaired) electrons. The number of halogens is 2. The molecular weight excluding hydrogens is 404 g/mol. The summed E-state index contributed by atoms with van der Waals surface area (Å²) in [5, 5.41) is 0.354. The predicted octanol–water partition coefficient (Wildman–Crippen LogP) is 2.19. The average Bonchev–Trinajstić information content (AvgIpc) is 2.98. The lowest BCUT2D eigenvalue weighted by Gasteiger charge is -2.37. The van der Waals surface area contributed by atoms with Gasteiger partial charge in [0.25, 0.3) is 12.0 Å². The van der Waals surface area contributed by atoms with E-state index in [2.05, 4.69) is 14.8 Å². The van der Waals surface area contributed by atoms with Crippen molar-refractivity contribution < 1.29 is 13.6 Å². The number of anilines is 1. The van der Waals surface area contributed by atoms with Crippen molar-refractivity contribution in [1.29, 1.82) is 0 Å². The standard InChI is InChI=1S/C22H29F2N5O2/c23-20(24)15-29-16-25-19-14-17(5-6-18(19)22(29)31)27-11-8-26(9-12-27)10-13-28-7-3-1-2-4-21(28)30/h5-6,14,16,20H,1-4,7-13,15H2. The Morgan fingerprint density at radius 2 is 1.77 bits per heavy atom. The van der Waals surface area contributed by atoms with Crippen molar-refractivity contribution in [2.75, 3.05) is 50.7 Å². The lowest BCUT2D eigenvalue weighted by atomic mass is 10.2. The summed E-state index contributed by atoms with van der Waals surface area (Å²) < 4.78 is 26.2. The van der Waals surface area contributed by atoms with E-state index in [0.29, 0.717) is 17.3 Å². The minimum atomic E-state index is -2.59. The third-order valence-corrected chi connectivity index (χ3v) is 6.24. The number of rotatable bonds is 6. The van der Waals surface area contributed by atoms with Crippen LogP contribution in [0.4, 0.5) is 14.5 Å². The Labute approximate surface area is 180 Å². The number of carbonyl (C=O) groups is 1. The van der Waals surface area contributed by atoms with Crippen LogP contribution in [0.25, 0.3) is 10.9 Å². The highest BCUT2D eigenvalue weighted by molar-refractivity contribution is 5.81.